The summed E-state index contributed by atoms with van der Waals surface area (Å²) in [5.41, 5.74) is 1.48. The molecular formula is C19H30N4O2. The molecule has 2 fully saturated rings. The molecule has 138 valence electrons. The number of carbonyl (C=O) groups is 2. The molecule has 2 aliphatic rings. The fourth-order valence-electron chi connectivity index (χ4n) is 4.51. The summed E-state index contributed by atoms with van der Waals surface area (Å²) in [6.07, 6.45) is 4.93. The minimum atomic E-state index is -0.570. The van der Waals surface area contributed by atoms with E-state index in [9.17, 15) is 9.59 Å². The first-order valence-electron chi connectivity index (χ1n) is 9.59. The van der Waals surface area contributed by atoms with Gasteiger partial charge in [0.25, 0.3) is 0 Å². The van der Waals surface area contributed by atoms with Crippen molar-refractivity contribution in [3.8, 4) is 0 Å². The van der Waals surface area contributed by atoms with Crippen molar-refractivity contribution in [2.75, 3.05) is 19.6 Å². The SMILES string of the molecule is CCCN1CCCC2(CCCN2C(=O)CCn2nc(C)cc2C)C1=O. The Morgan fingerprint density at radius 1 is 1.20 bits per heavy atom. The number of hydrogen-bond donors (Lipinski definition) is 0. The van der Waals surface area contributed by atoms with Gasteiger partial charge in [-0.05, 0) is 52.0 Å². The Kier molecular flexibility index (Phi) is 5.16. The summed E-state index contributed by atoms with van der Waals surface area (Å²) in [4.78, 5) is 29.9. The predicted molar refractivity (Wildman–Crippen MR) is 96.1 cm³/mol. The minimum Gasteiger partial charge on any atom is -0.341 e. The van der Waals surface area contributed by atoms with E-state index in [1.807, 2.05) is 34.4 Å². The molecule has 6 heteroatoms. The van der Waals surface area contributed by atoms with E-state index in [0.29, 0.717) is 19.5 Å². The molecule has 2 saturated heterocycles. The molecule has 1 spiro atoms. The average Bonchev–Trinajstić information content (AvgIpc) is 3.13. The minimum absolute atomic E-state index is 0.0942. The summed E-state index contributed by atoms with van der Waals surface area (Å²) in [7, 11) is 0. The molecule has 1 unspecified atom stereocenters. The molecule has 0 radical (unpaired) electrons. The average molecular weight is 346 g/mol. The highest BCUT2D eigenvalue weighted by molar-refractivity contribution is 5.92. The zero-order valence-corrected chi connectivity index (χ0v) is 15.8. The smallest absolute Gasteiger partial charge is 0.248 e. The van der Waals surface area contributed by atoms with E-state index in [4.69, 9.17) is 0 Å². The quantitative estimate of drug-likeness (QED) is 0.822. The second kappa shape index (κ2) is 7.18. The number of nitrogens with zero attached hydrogens (tertiary/aromatic N) is 4. The zero-order chi connectivity index (χ0) is 18.0. The van der Waals surface area contributed by atoms with Crippen molar-refractivity contribution in [1.82, 2.24) is 19.6 Å². The Labute approximate surface area is 150 Å². The molecule has 2 amide bonds. The summed E-state index contributed by atoms with van der Waals surface area (Å²) < 4.78 is 1.89. The highest BCUT2D eigenvalue weighted by Gasteiger charge is 2.52. The molecule has 1 aromatic heterocycles. The van der Waals surface area contributed by atoms with Crippen LogP contribution in [0, 0.1) is 13.8 Å². The Morgan fingerprint density at radius 3 is 2.56 bits per heavy atom. The van der Waals surface area contributed by atoms with E-state index in [1.165, 1.54) is 0 Å². The van der Waals surface area contributed by atoms with Crippen LogP contribution in [0.5, 0.6) is 0 Å². The van der Waals surface area contributed by atoms with Crippen LogP contribution in [0.15, 0.2) is 6.07 Å². The largest absolute Gasteiger partial charge is 0.341 e. The molecule has 6 nitrogen and oxygen atoms in total. The summed E-state index contributed by atoms with van der Waals surface area (Å²) in [5, 5.41) is 4.43. The monoisotopic (exact) mass is 346 g/mol. The van der Waals surface area contributed by atoms with Gasteiger partial charge in [0, 0.05) is 38.3 Å². The Bertz CT molecular complexity index is 652. The number of likely N-dealkylation sites (tertiary alicyclic amines) is 2. The fourth-order valence-corrected chi connectivity index (χ4v) is 4.51. The lowest BCUT2D eigenvalue weighted by Crippen LogP contribution is -2.61. The van der Waals surface area contributed by atoms with Crippen molar-refractivity contribution in [1.29, 1.82) is 0 Å². The van der Waals surface area contributed by atoms with Gasteiger partial charge in [-0.15, -0.1) is 0 Å². The van der Waals surface area contributed by atoms with Crippen molar-refractivity contribution >= 4 is 11.8 Å². The fraction of sp³-hybridized carbons (Fsp3) is 0.737. The van der Waals surface area contributed by atoms with E-state index in [1.54, 1.807) is 0 Å². The standard InChI is InChI=1S/C19H30N4O2/c1-4-10-21-11-5-8-19(18(21)25)9-6-12-22(19)17(24)7-13-23-16(3)14-15(2)20-23/h14H,4-13H2,1-3H3. The Balaban J connectivity index is 1.71. The van der Waals surface area contributed by atoms with Gasteiger partial charge in [0.05, 0.1) is 5.69 Å². The maximum atomic E-state index is 13.1. The zero-order valence-electron chi connectivity index (χ0n) is 15.8. The van der Waals surface area contributed by atoms with E-state index >= 15 is 0 Å². The van der Waals surface area contributed by atoms with Gasteiger partial charge in [-0.25, -0.2) is 0 Å². The number of piperidine rings is 1. The Hall–Kier alpha value is -1.85. The van der Waals surface area contributed by atoms with Gasteiger partial charge in [0.1, 0.15) is 5.54 Å². The summed E-state index contributed by atoms with van der Waals surface area (Å²) >= 11 is 0. The van der Waals surface area contributed by atoms with E-state index in [2.05, 4.69) is 12.0 Å². The molecule has 0 N–H and O–H groups in total. The number of amides is 2. The molecule has 0 aliphatic carbocycles. The van der Waals surface area contributed by atoms with Crippen LogP contribution in [0.2, 0.25) is 0 Å². The molecule has 2 aliphatic heterocycles. The lowest BCUT2D eigenvalue weighted by molar-refractivity contribution is -0.155. The van der Waals surface area contributed by atoms with Crippen LogP contribution in [-0.4, -0.2) is 56.6 Å². The lowest BCUT2D eigenvalue weighted by Gasteiger charge is -2.44. The molecule has 0 aromatic carbocycles. The predicted octanol–water partition coefficient (Wildman–Crippen LogP) is 2.28. The maximum Gasteiger partial charge on any atom is 0.248 e. The summed E-state index contributed by atoms with van der Waals surface area (Å²) in [6.45, 7) is 9.00. The van der Waals surface area contributed by atoms with E-state index < -0.39 is 5.54 Å². The van der Waals surface area contributed by atoms with E-state index in [0.717, 1.165) is 56.6 Å². The van der Waals surface area contributed by atoms with Gasteiger partial charge in [0.15, 0.2) is 0 Å². The number of aryl methyl sites for hydroxylation is 3. The van der Waals surface area contributed by atoms with Crippen LogP contribution >= 0.6 is 0 Å². The van der Waals surface area contributed by atoms with Crippen molar-refractivity contribution in [2.45, 2.75) is 71.4 Å². The third-order valence-electron chi connectivity index (χ3n) is 5.63. The molecule has 0 saturated carbocycles. The lowest BCUT2D eigenvalue weighted by atomic mass is 9.85. The van der Waals surface area contributed by atoms with Gasteiger partial charge in [-0.3, -0.25) is 14.3 Å². The van der Waals surface area contributed by atoms with Crippen LogP contribution < -0.4 is 0 Å². The summed E-state index contributed by atoms with van der Waals surface area (Å²) in [6, 6.07) is 2.02. The molecule has 3 rings (SSSR count). The number of aromatic nitrogens is 2. The number of carbonyl (C=O) groups excluding carboxylic acids is 2. The van der Waals surface area contributed by atoms with Crippen LogP contribution in [0.1, 0.15) is 56.8 Å². The van der Waals surface area contributed by atoms with Gasteiger partial charge in [-0.2, -0.15) is 5.10 Å². The topological polar surface area (TPSA) is 58.4 Å². The van der Waals surface area contributed by atoms with Crippen LogP contribution in [0.25, 0.3) is 0 Å². The highest BCUT2D eigenvalue weighted by Crippen LogP contribution is 2.38. The number of hydrogen-bond acceptors (Lipinski definition) is 3. The molecule has 1 aromatic rings. The van der Waals surface area contributed by atoms with Gasteiger partial charge < -0.3 is 9.80 Å². The highest BCUT2D eigenvalue weighted by atomic mass is 16.2. The van der Waals surface area contributed by atoms with Crippen LogP contribution in [-0.2, 0) is 16.1 Å². The first-order valence-corrected chi connectivity index (χ1v) is 9.59. The van der Waals surface area contributed by atoms with Gasteiger partial charge in [-0.1, -0.05) is 6.92 Å². The first-order chi connectivity index (χ1) is 12.0. The van der Waals surface area contributed by atoms with Crippen LogP contribution in [0.3, 0.4) is 0 Å². The molecule has 1 atom stereocenters. The van der Waals surface area contributed by atoms with Crippen molar-refractivity contribution in [2.24, 2.45) is 0 Å². The first kappa shape index (κ1) is 18.0. The van der Waals surface area contributed by atoms with Crippen molar-refractivity contribution in [3.63, 3.8) is 0 Å². The molecule has 3 heterocycles. The Morgan fingerprint density at radius 2 is 1.92 bits per heavy atom. The molecular weight excluding hydrogens is 316 g/mol. The van der Waals surface area contributed by atoms with Gasteiger partial charge in [0.2, 0.25) is 11.8 Å². The van der Waals surface area contributed by atoms with Crippen molar-refractivity contribution < 1.29 is 9.59 Å². The van der Waals surface area contributed by atoms with Crippen molar-refractivity contribution in [3.05, 3.63) is 17.5 Å². The van der Waals surface area contributed by atoms with E-state index in [-0.39, 0.29) is 11.8 Å². The third kappa shape index (κ3) is 3.31. The van der Waals surface area contributed by atoms with Crippen LogP contribution in [0.4, 0.5) is 0 Å². The summed E-state index contributed by atoms with van der Waals surface area (Å²) in [5.74, 6) is 0.273. The molecule has 25 heavy (non-hydrogen) atoms. The maximum absolute atomic E-state index is 13.1. The van der Waals surface area contributed by atoms with Gasteiger partial charge >= 0.3 is 0 Å². The third-order valence-corrected chi connectivity index (χ3v) is 5.63. The second-order valence-electron chi connectivity index (χ2n) is 7.48. The molecule has 0 bridgehead atoms. The number of rotatable bonds is 5. The second-order valence-corrected chi connectivity index (χ2v) is 7.48. The normalized spacial score (nSPS) is 23.7.